The first-order valence-corrected chi connectivity index (χ1v) is 10.9. The van der Waals surface area contributed by atoms with Crippen LogP contribution in [0.5, 0.6) is 11.5 Å². The molecule has 0 bridgehead atoms. The van der Waals surface area contributed by atoms with Crippen molar-refractivity contribution in [1.82, 2.24) is 10.7 Å². The molecule has 35 heavy (non-hydrogen) atoms. The van der Waals surface area contributed by atoms with E-state index in [1.54, 1.807) is 18.2 Å². The van der Waals surface area contributed by atoms with Gasteiger partial charge in [-0.2, -0.15) is 5.10 Å². The number of rotatable bonds is 12. The SMILES string of the molecule is COc1cc(/C=N\NC(=O)C(=O)NCCCOC(C)C)ccc1OCC(=O)Nc1ccc(F)cc1. The molecule has 0 aliphatic rings. The smallest absolute Gasteiger partial charge is 0.329 e. The number of hydrogen-bond acceptors (Lipinski definition) is 7. The van der Waals surface area contributed by atoms with Gasteiger partial charge < -0.3 is 24.8 Å². The quantitative estimate of drug-likeness (QED) is 0.182. The number of halogens is 1. The van der Waals surface area contributed by atoms with E-state index < -0.39 is 23.5 Å². The van der Waals surface area contributed by atoms with Crippen LogP contribution >= 0.6 is 0 Å². The minimum absolute atomic E-state index is 0.106. The third-order valence-corrected chi connectivity index (χ3v) is 4.32. The van der Waals surface area contributed by atoms with Crippen molar-refractivity contribution in [3.8, 4) is 11.5 Å². The molecule has 0 aromatic heterocycles. The summed E-state index contributed by atoms with van der Waals surface area (Å²) in [5, 5.41) is 8.83. The van der Waals surface area contributed by atoms with Crippen LogP contribution in [0.4, 0.5) is 10.1 Å². The van der Waals surface area contributed by atoms with E-state index in [1.165, 1.54) is 37.6 Å². The second-order valence-electron chi connectivity index (χ2n) is 7.48. The van der Waals surface area contributed by atoms with Crippen molar-refractivity contribution in [2.75, 3.05) is 32.2 Å². The maximum absolute atomic E-state index is 12.9. The first kappa shape index (κ1) is 27.3. The number of carbonyl (C=O) groups excluding carboxylic acids is 3. The highest BCUT2D eigenvalue weighted by atomic mass is 19.1. The fourth-order valence-corrected chi connectivity index (χ4v) is 2.65. The second kappa shape index (κ2) is 14.3. The van der Waals surface area contributed by atoms with Gasteiger partial charge in [-0.15, -0.1) is 0 Å². The lowest BCUT2D eigenvalue weighted by Crippen LogP contribution is -2.38. The van der Waals surface area contributed by atoms with Crippen LogP contribution in [-0.4, -0.2) is 56.9 Å². The first-order chi connectivity index (χ1) is 16.8. The maximum atomic E-state index is 12.9. The molecule has 0 radical (unpaired) electrons. The minimum atomic E-state index is -0.898. The molecule has 0 atom stereocenters. The zero-order chi connectivity index (χ0) is 25.6. The van der Waals surface area contributed by atoms with E-state index in [1.807, 2.05) is 13.8 Å². The Bertz CT molecular complexity index is 1030. The van der Waals surface area contributed by atoms with E-state index in [0.29, 0.717) is 42.3 Å². The number of hydrazone groups is 1. The van der Waals surface area contributed by atoms with Gasteiger partial charge in [0.2, 0.25) is 0 Å². The van der Waals surface area contributed by atoms with E-state index in [0.717, 1.165) is 0 Å². The van der Waals surface area contributed by atoms with Gasteiger partial charge in [0.1, 0.15) is 5.82 Å². The lowest BCUT2D eigenvalue weighted by atomic mass is 10.2. The van der Waals surface area contributed by atoms with Gasteiger partial charge in [-0.25, -0.2) is 9.82 Å². The largest absolute Gasteiger partial charge is 0.493 e. The molecule has 0 aliphatic heterocycles. The van der Waals surface area contributed by atoms with E-state index >= 15 is 0 Å². The van der Waals surface area contributed by atoms with Crippen LogP contribution in [0.15, 0.2) is 47.6 Å². The van der Waals surface area contributed by atoms with Gasteiger partial charge in [0.15, 0.2) is 18.1 Å². The molecule has 11 heteroatoms. The number of nitrogens with zero attached hydrogens (tertiary/aromatic N) is 1. The molecular weight excluding hydrogens is 459 g/mol. The molecule has 3 N–H and O–H groups in total. The molecule has 2 aromatic carbocycles. The number of nitrogens with one attached hydrogen (secondary N) is 3. The lowest BCUT2D eigenvalue weighted by Gasteiger charge is -2.11. The van der Waals surface area contributed by atoms with Gasteiger partial charge in [-0.05, 0) is 68.3 Å². The fraction of sp³-hybridized carbons (Fsp3) is 0.333. The Balaban J connectivity index is 1.80. The number of amides is 3. The standard InChI is InChI=1S/C24H29FN4O6/c1-16(2)34-12-4-11-26-23(31)24(32)29-27-14-17-5-10-20(21(13-17)33-3)35-15-22(30)28-19-8-6-18(25)7-9-19/h5-10,13-14,16H,4,11-12,15H2,1-3H3,(H,26,31)(H,28,30)(H,29,32)/b27-14-. The molecule has 3 amide bonds. The molecule has 0 saturated carbocycles. The van der Waals surface area contributed by atoms with Crippen LogP contribution in [0, 0.1) is 5.82 Å². The Morgan fingerprint density at radius 2 is 1.80 bits per heavy atom. The molecule has 0 fully saturated rings. The van der Waals surface area contributed by atoms with Crippen molar-refractivity contribution in [3.05, 3.63) is 53.8 Å². The summed E-state index contributed by atoms with van der Waals surface area (Å²) in [5.41, 5.74) is 3.14. The van der Waals surface area contributed by atoms with Crippen LogP contribution < -0.4 is 25.5 Å². The highest BCUT2D eigenvalue weighted by molar-refractivity contribution is 6.35. The lowest BCUT2D eigenvalue weighted by molar-refractivity contribution is -0.139. The third-order valence-electron chi connectivity index (χ3n) is 4.32. The Morgan fingerprint density at radius 3 is 2.49 bits per heavy atom. The first-order valence-electron chi connectivity index (χ1n) is 10.9. The monoisotopic (exact) mass is 488 g/mol. The molecule has 0 unspecified atom stereocenters. The maximum Gasteiger partial charge on any atom is 0.329 e. The number of ether oxygens (including phenoxy) is 3. The zero-order valence-corrected chi connectivity index (χ0v) is 19.8. The summed E-state index contributed by atoms with van der Waals surface area (Å²) in [6.45, 7) is 4.32. The molecule has 188 valence electrons. The summed E-state index contributed by atoms with van der Waals surface area (Å²) >= 11 is 0. The van der Waals surface area contributed by atoms with Gasteiger partial charge in [0, 0.05) is 18.8 Å². The molecule has 0 aliphatic carbocycles. The fourth-order valence-electron chi connectivity index (χ4n) is 2.65. The predicted molar refractivity (Wildman–Crippen MR) is 128 cm³/mol. The van der Waals surface area contributed by atoms with Crippen molar-refractivity contribution >= 4 is 29.6 Å². The molecule has 2 aromatic rings. The minimum Gasteiger partial charge on any atom is -0.493 e. The van der Waals surface area contributed by atoms with Crippen molar-refractivity contribution in [3.63, 3.8) is 0 Å². The summed E-state index contributed by atoms with van der Waals surface area (Å²) in [6.07, 6.45) is 2.02. The second-order valence-corrected chi connectivity index (χ2v) is 7.48. The summed E-state index contributed by atoms with van der Waals surface area (Å²) < 4.78 is 29.1. The zero-order valence-electron chi connectivity index (χ0n) is 19.8. The summed E-state index contributed by atoms with van der Waals surface area (Å²) in [5.74, 6) is -1.90. The van der Waals surface area contributed by atoms with Crippen LogP contribution in [0.2, 0.25) is 0 Å². The number of methoxy groups -OCH3 is 1. The summed E-state index contributed by atoms with van der Waals surface area (Å²) in [7, 11) is 1.43. The normalized spacial score (nSPS) is 10.8. The van der Waals surface area contributed by atoms with E-state index in [2.05, 4.69) is 21.2 Å². The van der Waals surface area contributed by atoms with E-state index in [9.17, 15) is 18.8 Å². The van der Waals surface area contributed by atoms with E-state index in [-0.39, 0.29) is 12.7 Å². The number of carbonyl (C=O) groups is 3. The Kier molecular flexibility index (Phi) is 11.1. The Labute approximate surface area is 202 Å². The van der Waals surface area contributed by atoms with Gasteiger partial charge >= 0.3 is 11.8 Å². The van der Waals surface area contributed by atoms with Gasteiger partial charge in [0.25, 0.3) is 5.91 Å². The number of benzene rings is 2. The Hall–Kier alpha value is -3.99. The van der Waals surface area contributed by atoms with Crippen molar-refractivity contribution in [1.29, 1.82) is 0 Å². The molecule has 10 nitrogen and oxygen atoms in total. The topological polar surface area (TPSA) is 127 Å². The van der Waals surface area contributed by atoms with Crippen molar-refractivity contribution in [2.24, 2.45) is 5.10 Å². The van der Waals surface area contributed by atoms with Crippen LogP contribution in [0.25, 0.3) is 0 Å². The average Bonchev–Trinajstić information content (AvgIpc) is 2.83. The van der Waals surface area contributed by atoms with Crippen LogP contribution in [0.3, 0.4) is 0 Å². The molecule has 0 heterocycles. The summed E-state index contributed by atoms with van der Waals surface area (Å²) in [6, 6.07) is 10.1. The number of hydrogen-bond donors (Lipinski definition) is 3. The molecule has 0 saturated heterocycles. The highest BCUT2D eigenvalue weighted by Gasteiger charge is 2.12. The van der Waals surface area contributed by atoms with Gasteiger partial charge in [0.05, 0.1) is 19.4 Å². The summed E-state index contributed by atoms with van der Waals surface area (Å²) in [4.78, 5) is 35.6. The highest BCUT2D eigenvalue weighted by Crippen LogP contribution is 2.27. The number of anilines is 1. The Morgan fingerprint density at radius 1 is 1.06 bits per heavy atom. The van der Waals surface area contributed by atoms with Gasteiger partial charge in [-0.1, -0.05) is 0 Å². The van der Waals surface area contributed by atoms with Crippen LogP contribution in [-0.2, 0) is 19.1 Å². The van der Waals surface area contributed by atoms with E-state index in [4.69, 9.17) is 14.2 Å². The van der Waals surface area contributed by atoms with Gasteiger partial charge in [-0.3, -0.25) is 14.4 Å². The predicted octanol–water partition coefficient (Wildman–Crippen LogP) is 2.23. The third kappa shape index (κ3) is 10.2. The molecule has 0 spiro atoms. The van der Waals surface area contributed by atoms with Crippen LogP contribution in [0.1, 0.15) is 25.8 Å². The van der Waals surface area contributed by atoms with Crippen molar-refractivity contribution in [2.45, 2.75) is 26.4 Å². The average molecular weight is 489 g/mol. The molecular formula is C24H29FN4O6. The molecule has 2 rings (SSSR count). The van der Waals surface area contributed by atoms with Crippen molar-refractivity contribution < 1.29 is 33.0 Å².